The maximum atomic E-state index is 12.1. The molecule has 2 heterocycles. The van der Waals surface area contributed by atoms with Gasteiger partial charge in [-0.15, -0.1) is 12.4 Å². The summed E-state index contributed by atoms with van der Waals surface area (Å²) < 4.78 is 0. The molecule has 20 heavy (non-hydrogen) atoms. The molecule has 0 saturated heterocycles. The van der Waals surface area contributed by atoms with Crippen LogP contribution in [0.25, 0.3) is 0 Å². The molecule has 0 atom stereocenters. The zero-order valence-corrected chi connectivity index (χ0v) is 11.0. The fraction of sp³-hybridized carbons (Fsp3) is 0.0769. The molecule has 0 fully saturated rings. The summed E-state index contributed by atoms with van der Waals surface area (Å²) in [6, 6.07) is 7.89. The molecular formula is C13H10ClN3O3. The molecule has 0 spiro atoms. The first-order valence-corrected chi connectivity index (χ1v) is 5.66. The van der Waals surface area contributed by atoms with E-state index in [0.29, 0.717) is 11.1 Å². The third-order valence-electron chi connectivity index (χ3n) is 2.98. The van der Waals surface area contributed by atoms with Gasteiger partial charge in [-0.05, 0) is 12.1 Å². The molecular weight excluding hydrogens is 282 g/mol. The number of hydrogen-bond donors (Lipinski definition) is 1. The fourth-order valence-corrected chi connectivity index (χ4v) is 2.03. The number of amides is 2. The van der Waals surface area contributed by atoms with Crippen molar-refractivity contribution in [3.63, 3.8) is 0 Å². The van der Waals surface area contributed by atoms with E-state index in [9.17, 15) is 14.4 Å². The van der Waals surface area contributed by atoms with E-state index in [2.05, 4.69) is 10.2 Å². The molecule has 7 heteroatoms. The van der Waals surface area contributed by atoms with Crippen molar-refractivity contribution in [2.24, 2.45) is 0 Å². The minimum atomic E-state index is -0.398. The van der Waals surface area contributed by atoms with E-state index >= 15 is 0 Å². The minimum Gasteiger partial charge on any atom is -0.288 e. The van der Waals surface area contributed by atoms with Crippen molar-refractivity contribution in [1.82, 2.24) is 15.1 Å². The van der Waals surface area contributed by atoms with E-state index in [1.165, 1.54) is 12.3 Å². The Bertz CT molecular complexity index is 706. The summed E-state index contributed by atoms with van der Waals surface area (Å²) in [7, 11) is 0. The summed E-state index contributed by atoms with van der Waals surface area (Å²) in [6.07, 6.45) is 1.40. The molecule has 1 aliphatic heterocycles. The third-order valence-corrected chi connectivity index (χ3v) is 2.98. The Morgan fingerprint density at radius 2 is 1.60 bits per heavy atom. The zero-order chi connectivity index (χ0) is 13.4. The van der Waals surface area contributed by atoms with Crippen molar-refractivity contribution >= 4 is 24.2 Å². The molecule has 0 aliphatic carbocycles. The Morgan fingerprint density at radius 1 is 1.00 bits per heavy atom. The van der Waals surface area contributed by atoms with Crippen LogP contribution in [0, 0.1) is 0 Å². The van der Waals surface area contributed by atoms with Crippen LogP contribution in [0.2, 0.25) is 0 Å². The number of carbonyl (C=O) groups excluding carboxylic acids is 2. The number of carbonyl (C=O) groups is 2. The summed E-state index contributed by atoms with van der Waals surface area (Å²) in [5, 5.41) is 6.32. The lowest BCUT2D eigenvalue weighted by Gasteiger charge is -2.11. The highest BCUT2D eigenvalue weighted by atomic mass is 35.5. The second-order valence-corrected chi connectivity index (χ2v) is 4.13. The monoisotopic (exact) mass is 291 g/mol. The van der Waals surface area contributed by atoms with Crippen LogP contribution in [-0.4, -0.2) is 26.9 Å². The number of halogens is 1. The van der Waals surface area contributed by atoms with Crippen LogP contribution in [0.5, 0.6) is 0 Å². The van der Waals surface area contributed by atoms with E-state index in [0.717, 1.165) is 4.90 Å². The SMILES string of the molecule is Cl.O=C1c2ccccc2C(=O)N1Cc1n[nH]ccc1=O. The Balaban J connectivity index is 0.00000147. The molecule has 0 radical (unpaired) electrons. The second-order valence-electron chi connectivity index (χ2n) is 4.13. The van der Waals surface area contributed by atoms with Crippen LogP contribution in [0.15, 0.2) is 41.3 Å². The van der Waals surface area contributed by atoms with E-state index in [1.54, 1.807) is 24.3 Å². The number of fused-ring (bicyclic) bond motifs is 1. The van der Waals surface area contributed by atoms with E-state index in [4.69, 9.17) is 0 Å². The minimum absolute atomic E-state index is 0. The first kappa shape index (κ1) is 14.0. The number of nitrogens with one attached hydrogen (secondary N) is 1. The summed E-state index contributed by atoms with van der Waals surface area (Å²) >= 11 is 0. The van der Waals surface area contributed by atoms with Gasteiger partial charge in [-0.25, -0.2) is 0 Å². The van der Waals surface area contributed by atoms with Gasteiger partial charge >= 0.3 is 0 Å². The maximum absolute atomic E-state index is 12.1. The van der Waals surface area contributed by atoms with E-state index < -0.39 is 11.8 Å². The number of aromatic nitrogens is 2. The fourth-order valence-electron chi connectivity index (χ4n) is 2.03. The molecule has 6 nitrogen and oxygen atoms in total. The summed E-state index contributed by atoms with van der Waals surface area (Å²) in [6.45, 7) is -0.123. The Kier molecular flexibility index (Phi) is 3.67. The van der Waals surface area contributed by atoms with Crippen molar-refractivity contribution in [1.29, 1.82) is 0 Å². The molecule has 2 amide bonds. The number of aromatic amines is 1. The third kappa shape index (κ3) is 2.10. The molecule has 1 aromatic carbocycles. The lowest BCUT2D eigenvalue weighted by atomic mass is 10.1. The highest BCUT2D eigenvalue weighted by Crippen LogP contribution is 2.23. The molecule has 1 aliphatic rings. The summed E-state index contributed by atoms with van der Waals surface area (Å²) in [5.41, 5.74) is 0.548. The van der Waals surface area contributed by atoms with Crippen LogP contribution in [0.4, 0.5) is 0 Å². The van der Waals surface area contributed by atoms with Gasteiger partial charge in [0.15, 0.2) is 0 Å². The van der Waals surface area contributed by atoms with Crippen LogP contribution >= 0.6 is 12.4 Å². The molecule has 0 bridgehead atoms. The molecule has 0 saturated carbocycles. The van der Waals surface area contributed by atoms with E-state index in [-0.39, 0.29) is 30.1 Å². The number of rotatable bonds is 2. The number of hydrogen-bond acceptors (Lipinski definition) is 4. The Hall–Kier alpha value is -2.47. The van der Waals surface area contributed by atoms with Crippen molar-refractivity contribution in [2.45, 2.75) is 6.54 Å². The van der Waals surface area contributed by atoms with Gasteiger partial charge in [-0.1, -0.05) is 12.1 Å². The Labute approximate surface area is 119 Å². The maximum Gasteiger partial charge on any atom is 0.261 e. The number of H-pyrrole nitrogens is 1. The molecule has 102 valence electrons. The van der Waals surface area contributed by atoms with Gasteiger partial charge in [0.25, 0.3) is 11.8 Å². The van der Waals surface area contributed by atoms with Gasteiger partial charge in [0, 0.05) is 12.3 Å². The van der Waals surface area contributed by atoms with Crippen molar-refractivity contribution < 1.29 is 9.59 Å². The first-order chi connectivity index (χ1) is 9.18. The van der Waals surface area contributed by atoms with Crippen LogP contribution < -0.4 is 5.43 Å². The molecule has 3 rings (SSSR count). The van der Waals surface area contributed by atoms with Crippen molar-refractivity contribution in [3.8, 4) is 0 Å². The van der Waals surface area contributed by atoms with Gasteiger partial charge in [0.1, 0.15) is 5.69 Å². The Morgan fingerprint density at radius 3 is 2.15 bits per heavy atom. The van der Waals surface area contributed by atoms with Gasteiger partial charge in [-0.2, -0.15) is 5.10 Å². The topological polar surface area (TPSA) is 83.1 Å². The van der Waals surface area contributed by atoms with Gasteiger partial charge in [0.2, 0.25) is 5.43 Å². The predicted octanol–water partition coefficient (Wildman–Crippen LogP) is 0.988. The molecule has 1 aromatic heterocycles. The van der Waals surface area contributed by atoms with Crippen LogP contribution in [0.3, 0.4) is 0 Å². The number of nitrogens with zero attached hydrogens (tertiary/aromatic N) is 2. The van der Waals surface area contributed by atoms with E-state index in [1.807, 2.05) is 0 Å². The van der Waals surface area contributed by atoms with Crippen molar-refractivity contribution in [2.75, 3.05) is 0 Å². The highest BCUT2D eigenvalue weighted by Gasteiger charge is 2.35. The quantitative estimate of drug-likeness (QED) is 0.836. The second kappa shape index (κ2) is 5.26. The number of imide groups is 1. The smallest absolute Gasteiger partial charge is 0.261 e. The van der Waals surface area contributed by atoms with Gasteiger partial charge in [0.05, 0.1) is 17.7 Å². The lowest BCUT2D eigenvalue weighted by Crippen LogP contribution is -2.32. The summed E-state index contributed by atoms with van der Waals surface area (Å²) in [4.78, 5) is 36.8. The van der Waals surface area contributed by atoms with Gasteiger partial charge < -0.3 is 0 Å². The van der Waals surface area contributed by atoms with Crippen molar-refractivity contribution in [3.05, 3.63) is 63.6 Å². The average molecular weight is 292 g/mol. The average Bonchev–Trinajstić information content (AvgIpc) is 2.67. The van der Waals surface area contributed by atoms with Crippen LogP contribution in [0.1, 0.15) is 26.4 Å². The molecule has 1 N–H and O–H groups in total. The number of benzene rings is 1. The zero-order valence-electron chi connectivity index (χ0n) is 10.2. The predicted molar refractivity (Wildman–Crippen MR) is 72.8 cm³/mol. The standard InChI is InChI=1S/C13H9N3O3.ClH/c17-11-5-6-14-15-10(11)7-16-12(18)8-3-1-2-4-9(8)13(16)19;/h1-6H,7H2,(H,14,17);1H. The largest absolute Gasteiger partial charge is 0.288 e. The molecule has 0 unspecified atom stereocenters. The van der Waals surface area contributed by atoms with Crippen LogP contribution in [-0.2, 0) is 6.54 Å². The van der Waals surface area contributed by atoms with Gasteiger partial charge in [-0.3, -0.25) is 24.4 Å². The normalized spacial score (nSPS) is 13.1. The first-order valence-electron chi connectivity index (χ1n) is 5.66. The molecule has 2 aromatic rings. The highest BCUT2D eigenvalue weighted by molar-refractivity contribution is 6.21. The lowest BCUT2D eigenvalue weighted by molar-refractivity contribution is 0.0639. The summed E-state index contributed by atoms with van der Waals surface area (Å²) in [5.74, 6) is -0.795.